The lowest BCUT2D eigenvalue weighted by molar-refractivity contribution is 0.167. The van der Waals surface area contributed by atoms with Crippen LogP contribution in [0.4, 0.5) is 10.7 Å². The minimum Gasteiger partial charge on any atom is -0.453 e. The van der Waals surface area contributed by atoms with Crippen LogP contribution >= 0.6 is 12.2 Å². The molecule has 0 saturated carbocycles. The number of alkyl carbamates (subject to hydrolysis) is 1. The van der Waals surface area contributed by atoms with Crippen LogP contribution in [0.15, 0.2) is 6.07 Å². The van der Waals surface area contributed by atoms with Gasteiger partial charge in [-0.1, -0.05) is 12.2 Å². The molecule has 0 aliphatic carbocycles. The van der Waals surface area contributed by atoms with Gasteiger partial charge in [-0.25, -0.2) is 14.8 Å². The van der Waals surface area contributed by atoms with Crippen molar-refractivity contribution in [1.82, 2.24) is 15.3 Å². The zero-order valence-corrected chi connectivity index (χ0v) is 12.2. The van der Waals surface area contributed by atoms with Gasteiger partial charge < -0.3 is 20.7 Å². The molecule has 1 aliphatic rings. The third kappa shape index (κ3) is 3.32. The van der Waals surface area contributed by atoms with E-state index in [1.54, 1.807) is 6.07 Å². The maximum Gasteiger partial charge on any atom is 0.407 e. The zero-order chi connectivity index (χ0) is 14.7. The van der Waals surface area contributed by atoms with E-state index in [1.807, 2.05) is 11.8 Å². The molecule has 0 radical (unpaired) electrons. The molecule has 8 heteroatoms. The highest BCUT2D eigenvalue weighted by Crippen LogP contribution is 2.17. The number of nitrogens with zero attached hydrogens (tertiary/aromatic N) is 3. The number of carbonyl (C=O) groups is 1. The molecule has 3 N–H and O–H groups in total. The highest BCUT2D eigenvalue weighted by molar-refractivity contribution is 7.80. The Morgan fingerprint density at radius 3 is 3.00 bits per heavy atom. The fourth-order valence-corrected chi connectivity index (χ4v) is 2.21. The Morgan fingerprint density at radius 1 is 1.60 bits per heavy atom. The van der Waals surface area contributed by atoms with Crippen molar-refractivity contribution in [2.75, 3.05) is 25.1 Å². The maximum atomic E-state index is 11.2. The standard InChI is InChI=1S/C12H17N5O2S/c1-7-5-9(10(13)20)16-11(14-7)17-4-3-8(6-17)15-12(18)19-2/h5,8H,3-4,6H2,1-2H3,(H2,13,20)(H,15,18). The lowest BCUT2D eigenvalue weighted by atomic mass is 10.3. The van der Waals surface area contributed by atoms with Crippen molar-refractivity contribution in [3.63, 3.8) is 0 Å². The number of aryl methyl sites for hydroxylation is 1. The van der Waals surface area contributed by atoms with Crippen LogP contribution in [0.2, 0.25) is 0 Å². The molecule has 1 aromatic heterocycles. The Hall–Kier alpha value is -1.96. The van der Waals surface area contributed by atoms with E-state index in [9.17, 15) is 4.79 Å². The van der Waals surface area contributed by atoms with E-state index in [1.165, 1.54) is 7.11 Å². The van der Waals surface area contributed by atoms with E-state index in [2.05, 4.69) is 20.0 Å². The summed E-state index contributed by atoms with van der Waals surface area (Å²) in [7, 11) is 1.35. The summed E-state index contributed by atoms with van der Waals surface area (Å²) in [5, 5.41) is 2.77. The molecule has 2 rings (SSSR count). The van der Waals surface area contributed by atoms with E-state index in [4.69, 9.17) is 18.0 Å². The number of rotatable bonds is 3. The van der Waals surface area contributed by atoms with Crippen LogP contribution < -0.4 is 16.0 Å². The second-order valence-corrected chi connectivity index (χ2v) is 5.07. The van der Waals surface area contributed by atoms with Crippen molar-refractivity contribution in [1.29, 1.82) is 0 Å². The van der Waals surface area contributed by atoms with Crippen LogP contribution in [0.25, 0.3) is 0 Å². The number of carbonyl (C=O) groups excluding carboxylic acids is 1. The normalized spacial score (nSPS) is 17.9. The third-order valence-corrected chi connectivity index (χ3v) is 3.28. The number of nitrogens with one attached hydrogen (secondary N) is 1. The number of thiocarbonyl (C=S) groups is 1. The summed E-state index contributed by atoms with van der Waals surface area (Å²) in [5.74, 6) is 0.585. The average Bonchev–Trinajstić information content (AvgIpc) is 2.86. The second-order valence-electron chi connectivity index (χ2n) is 4.63. The molecule has 2 heterocycles. The van der Waals surface area contributed by atoms with Gasteiger partial charge in [0.25, 0.3) is 0 Å². The summed E-state index contributed by atoms with van der Waals surface area (Å²) in [6, 6.07) is 1.78. The first-order chi connectivity index (χ1) is 9.49. The average molecular weight is 295 g/mol. The largest absolute Gasteiger partial charge is 0.453 e. The van der Waals surface area contributed by atoms with Crippen molar-refractivity contribution >= 4 is 29.2 Å². The van der Waals surface area contributed by atoms with Crippen molar-refractivity contribution in [3.8, 4) is 0 Å². The fourth-order valence-electron chi connectivity index (χ4n) is 2.11. The van der Waals surface area contributed by atoms with Crippen molar-refractivity contribution in [3.05, 3.63) is 17.5 Å². The number of amides is 1. The van der Waals surface area contributed by atoms with Gasteiger partial charge >= 0.3 is 6.09 Å². The number of aromatic nitrogens is 2. The first kappa shape index (κ1) is 14.4. The molecule has 0 spiro atoms. The lowest BCUT2D eigenvalue weighted by Gasteiger charge is -2.17. The SMILES string of the molecule is COC(=O)NC1CCN(c2nc(C)cc(C(N)=S)n2)C1. The van der Waals surface area contributed by atoms with E-state index in [0.717, 1.165) is 18.7 Å². The molecule has 0 aromatic carbocycles. The van der Waals surface area contributed by atoms with Gasteiger partial charge in [0.05, 0.1) is 13.2 Å². The maximum absolute atomic E-state index is 11.2. The minimum absolute atomic E-state index is 0.0276. The van der Waals surface area contributed by atoms with E-state index in [0.29, 0.717) is 18.2 Å². The summed E-state index contributed by atoms with van der Waals surface area (Å²) in [6.45, 7) is 3.26. The molecule has 1 saturated heterocycles. The molecule has 1 amide bonds. The van der Waals surface area contributed by atoms with Gasteiger partial charge in [0.15, 0.2) is 0 Å². The molecule has 1 atom stereocenters. The summed E-state index contributed by atoms with van der Waals surface area (Å²) >= 11 is 4.95. The fraction of sp³-hybridized carbons (Fsp3) is 0.500. The van der Waals surface area contributed by atoms with Gasteiger partial charge in [0.1, 0.15) is 10.7 Å². The Balaban J connectivity index is 2.10. The van der Waals surface area contributed by atoms with Gasteiger partial charge in [0.2, 0.25) is 5.95 Å². The lowest BCUT2D eigenvalue weighted by Crippen LogP contribution is -2.37. The predicted octanol–water partition coefficient (Wildman–Crippen LogP) is 0.354. The monoisotopic (exact) mass is 295 g/mol. The Labute approximate surface area is 122 Å². The molecule has 20 heavy (non-hydrogen) atoms. The minimum atomic E-state index is -0.425. The smallest absolute Gasteiger partial charge is 0.407 e. The van der Waals surface area contributed by atoms with E-state index in [-0.39, 0.29) is 11.0 Å². The van der Waals surface area contributed by atoms with Crippen LogP contribution in [-0.2, 0) is 4.74 Å². The van der Waals surface area contributed by atoms with Crippen molar-refractivity contribution in [2.24, 2.45) is 5.73 Å². The van der Waals surface area contributed by atoms with Crippen LogP contribution in [0.5, 0.6) is 0 Å². The van der Waals surface area contributed by atoms with Gasteiger partial charge in [-0.2, -0.15) is 0 Å². The van der Waals surface area contributed by atoms with E-state index >= 15 is 0 Å². The Morgan fingerprint density at radius 2 is 2.35 bits per heavy atom. The summed E-state index contributed by atoms with van der Waals surface area (Å²) in [4.78, 5) is 22.2. The highest BCUT2D eigenvalue weighted by Gasteiger charge is 2.26. The van der Waals surface area contributed by atoms with E-state index < -0.39 is 6.09 Å². The predicted molar refractivity (Wildman–Crippen MR) is 78.8 cm³/mol. The Bertz CT molecular complexity index is 537. The number of anilines is 1. The van der Waals surface area contributed by atoms with Crippen LogP contribution in [0, 0.1) is 6.92 Å². The third-order valence-electron chi connectivity index (χ3n) is 3.07. The molecule has 1 fully saturated rings. The van der Waals surface area contributed by atoms with Crippen LogP contribution in [0.1, 0.15) is 17.8 Å². The molecule has 7 nitrogen and oxygen atoms in total. The molecule has 1 aromatic rings. The molecule has 1 aliphatic heterocycles. The number of hydrogen-bond acceptors (Lipinski definition) is 6. The summed E-state index contributed by atoms with van der Waals surface area (Å²) < 4.78 is 4.59. The second kappa shape index (κ2) is 6.00. The first-order valence-corrected chi connectivity index (χ1v) is 6.65. The van der Waals surface area contributed by atoms with Gasteiger partial charge in [-0.05, 0) is 19.4 Å². The van der Waals surface area contributed by atoms with Crippen LogP contribution in [0.3, 0.4) is 0 Å². The highest BCUT2D eigenvalue weighted by atomic mass is 32.1. The summed E-state index contributed by atoms with van der Waals surface area (Å²) in [6.07, 6.45) is 0.389. The number of nitrogens with two attached hydrogens (primary N) is 1. The molecule has 108 valence electrons. The van der Waals surface area contributed by atoms with Crippen molar-refractivity contribution < 1.29 is 9.53 Å². The van der Waals surface area contributed by atoms with Crippen molar-refractivity contribution in [2.45, 2.75) is 19.4 Å². The number of methoxy groups -OCH3 is 1. The summed E-state index contributed by atoms with van der Waals surface area (Å²) in [5.41, 5.74) is 6.98. The topological polar surface area (TPSA) is 93.4 Å². The number of hydrogen-bond donors (Lipinski definition) is 2. The molecule has 0 bridgehead atoms. The van der Waals surface area contributed by atoms with Gasteiger partial charge in [-0.3, -0.25) is 0 Å². The molecular weight excluding hydrogens is 278 g/mol. The number of ether oxygens (including phenoxy) is 1. The first-order valence-electron chi connectivity index (χ1n) is 6.24. The quantitative estimate of drug-likeness (QED) is 0.777. The zero-order valence-electron chi connectivity index (χ0n) is 11.4. The van der Waals surface area contributed by atoms with Gasteiger partial charge in [-0.15, -0.1) is 0 Å². The molecular formula is C12H17N5O2S. The van der Waals surface area contributed by atoms with Gasteiger partial charge in [0, 0.05) is 18.8 Å². The van der Waals surface area contributed by atoms with Crippen LogP contribution in [-0.4, -0.2) is 47.3 Å². The Kier molecular flexibility index (Phi) is 4.33. The molecule has 1 unspecified atom stereocenters.